The van der Waals surface area contributed by atoms with Gasteiger partial charge >= 0.3 is 71.6 Å². The molecule has 28 heteroatoms. The van der Waals surface area contributed by atoms with Gasteiger partial charge in [0.1, 0.15) is 0 Å². The van der Waals surface area contributed by atoms with Gasteiger partial charge in [-0.25, -0.2) is 0 Å². The SMILES string of the molecule is OC(CCCCCCCCCCC(F)(F)C(F)(F)C(F)(F)C(F)(F)F)C(O)CCCCCCCCCCC(F)(F)C(F)(F)C(F)(F)C(F)(F)C(F)(F)C(F)(F)C(F)(F)C(F)(F)F. The van der Waals surface area contributed by atoms with Crippen LogP contribution in [0.2, 0.25) is 0 Å². The summed E-state index contributed by atoms with van der Waals surface area (Å²) in [4.78, 5) is 0. The summed E-state index contributed by atoms with van der Waals surface area (Å²) in [5, 5.41) is 20.2. The quantitative estimate of drug-likeness (QED) is 0.0537. The molecule has 2 nitrogen and oxygen atoms in total. The number of rotatable bonds is 31. The van der Waals surface area contributed by atoms with Crippen LogP contribution in [0.5, 0.6) is 0 Å². The van der Waals surface area contributed by atoms with Crippen LogP contribution in [-0.2, 0) is 0 Å². The third-order valence-electron chi connectivity index (χ3n) is 9.92. The lowest BCUT2D eigenvalue weighted by Gasteiger charge is -2.42. The molecule has 0 radical (unpaired) electrons. The molecular formula is C34H44F26O2. The van der Waals surface area contributed by atoms with E-state index in [0.29, 0.717) is 57.8 Å². The summed E-state index contributed by atoms with van der Waals surface area (Å²) in [6.07, 6.45) is -19.8. The maximum Gasteiger partial charge on any atom is 0.460 e. The first-order chi connectivity index (χ1) is 27.5. The van der Waals surface area contributed by atoms with Gasteiger partial charge in [-0.05, 0) is 25.7 Å². The Morgan fingerprint density at radius 3 is 0.661 bits per heavy atom. The molecule has 0 aliphatic heterocycles. The Labute approximate surface area is 337 Å². The minimum Gasteiger partial charge on any atom is -0.390 e. The molecule has 62 heavy (non-hydrogen) atoms. The molecule has 0 amide bonds. The summed E-state index contributed by atoms with van der Waals surface area (Å²) < 4.78 is 343. The van der Waals surface area contributed by atoms with Crippen molar-refractivity contribution in [1.29, 1.82) is 0 Å². The van der Waals surface area contributed by atoms with Crippen molar-refractivity contribution in [2.75, 3.05) is 0 Å². The van der Waals surface area contributed by atoms with Crippen LogP contribution in [0, 0.1) is 0 Å². The Morgan fingerprint density at radius 1 is 0.226 bits per heavy atom. The lowest BCUT2D eigenvalue weighted by atomic mass is 9.87. The van der Waals surface area contributed by atoms with Crippen LogP contribution in [-0.4, -0.2) is 94.0 Å². The highest BCUT2D eigenvalue weighted by Gasteiger charge is 2.95. The van der Waals surface area contributed by atoms with Crippen LogP contribution in [0.3, 0.4) is 0 Å². The van der Waals surface area contributed by atoms with Crippen LogP contribution in [0.15, 0.2) is 0 Å². The summed E-state index contributed by atoms with van der Waals surface area (Å²) in [6, 6.07) is 0. The van der Waals surface area contributed by atoms with Gasteiger partial charge in [-0.1, -0.05) is 89.9 Å². The van der Waals surface area contributed by atoms with Gasteiger partial charge in [-0.2, -0.15) is 114 Å². The average Bonchev–Trinajstić information content (AvgIpc) is 3.11. The number of unbranched alkanes of at least 4 members (excludes halogenated alkanes) is 14. The molecule has 0 heterocycles. The molecular weight excluding hydrogens is 934 g/mol. The molecule has 0 saturated carbocycles. The number of aliphatic hydroxyl groups excluding tert-OH is 2. The van der Waals surface area contributed by atoms with Gasteiger partial charge in [0.25, 0.3) is 0 Å². The van der Waals surface area contributed by atoms with E-state index in [1.54, 1.807) is 0 Å². The van der Waals surface area contributed by atoms with E-state index < -0.39 is 116 Å². The Morgan fingerprint density at radius 2 is 0.403 bits per heavy atom. The third-order valence-corrected chi connectivity index (χ3v) is 9.92. The molecule has 0 aromatic carbocycles. The molecule has 2 unspecified atom stereocenters. The van der Waals surface area contributed by atoms with Crippen LogP contribution in [0.4, 0.5) is 114 Å². The van der Waals surface area contributed by atoms with Crippen LogP contribution in [0.25, 0.3) is 0 Å². The van der Waals surface area contributed by atoms with Gasteiger partial charge in [-0.15, -0.1) is 0 Å². The molecule has 0 aliphatic rings. The minimum absolute atomic E-state index is 0.0985. The van der Waals surface area contributed by atoms with Gasteiger partial charge < -0.3 is 10.2 Å². The van der Waals surface area contributed by atoms with Crippen molar-refractivity contribution in [2.45, 2.75) is 212 Å². The molecule has 0 aromatic heterocycles. The Balaban J connectivity index is 4.48. The van der Waals surface area contributed by atoms with Crippen LogP contribution < -0.4 is 0 Å². The summed E-state index contributed by atoms with van der Waals surface area (Å²) in [6.45, 7) is 0. The summed E-state index contributed by atoms with van der Waals surface area (Å²) in [5.41, 5.74) is 0. The molecule has 0 spiro atoms. The van der Waals surface area contributed by atoms with Crippen LogP contribution in [0.1, 0.15) is 128 Å². The Bertz CT molecular complexity index is 1310. The largest absolute Gasteiger partial charge is 0.460 e. The number of halogens is 26. The fraction of sp³-hybridized carbons (Fsp3) is 1.00. The minimum atomic E-state index is -8.67. The Kier molecular flexibility index (Phi) is 20.9. The molecule has 0 fully saturated rings. The molecule has 0 aliphatic carbocycles. The third kappa shape index (κ3) is 13.1. The van der Waals surface area contributed by atoms with E-state index in [1.807, 2.05) is 0 Å². The predicted molar refractivity (Wildman–Crippen MR) is 166 cm³/mol. The molecule has 0 rings (SSSR count). The van der Waals surface area contributed by atoms with E-state index in [9.17, 15) is 124 Å². The maximum atomic E-state index is 14.0. The number of hydrogen-bond donors (Lipinski definition) is 2. The normalized spacial score (nSPS) is 16.3. The average molecular weight is 979 g/mol. The highest BCUT2D eigenvalue weighted by molar-refractivity contribution is 5.15. The highest BCUT2D eigenvalue weighted by Crippen LogP contribution is 2.64. The van der Waals surface area contributed by atoms with E-state index in [2.05, 4.69) is 0 Å². The van der Waals surface area contributed by atoms with Crippen molar-refractivity contribution in [2.24, 2.45) is 0 Å². The van der Waals surface area contributed by atoms with Crippen molar-refractivity contribution < 1.29 is 124 Å². The van der Waals surface area contributed by atoms with E-state index in [4.69, 9.17) is 0 Å². The standard InChI is InChI=1S/C34H44F26O2/c35-23(36,25(39,40)27(43,44)28(45,46)29(47,48)30(49,50)32(53,54)34(58,59)60)19-15-11-7-3-1-5-9-13-17-21(61)22(62)18-14-10-6-2-4-8-12-16-20-24(37,38)26(41,42)31(51,52)33(55,56)57/h21-22,61-62H,1-20H2. The van der Waals surface area contributed by atoms with Crippen LogP contribution >= 0.6 is 0 Å². The van der Waals surface area contributed by atoms with Gasteiger partial charge in [0.15, 0.2) is 0 Å². The zero-order valence-electron chi connectivity index (χ0n) is 32.0. The molecule has 0 aromatic rings. The fourth-order valence-corrected chi connectivity index (χ4v) is 5.83. The molecule has 374 valence electrons. The lowest BCUT2D eigenvalue weighted by Crippen LogP contribution is -2.74. The molecule has 0 saturated heterocycles. The zero-order chi connectivity index (χ0) is 49.3. The number of aliphatic hydroxyl groups is 2. The van der Waals surface area contributed by atoms with E-state index in [-0.39, 0.29) is 38.5 Å². The summed E-state index contributed by atoms with van der Waals surface area (Å²) >= 11 is 0. The highest BCUT2D eigenvalue weighted by atomic mass is 19.4. The molecule has 2 N–H and O–H groups in total. The predicted octanol–water partition coefficient (Wildman–Crippen LogP) is 15.0. The van der Waals surface area contributed by atoms with Gasteiger partial charge in [0.2, 0.25) is 0 Å². The van der Waals surface area contributed by atoms with Gasteiger partial charge in [0, 0.05) is 12.8 Å². The van der Waals surface area contributed by atoms with Gasteiger partial charge in [-0.3, -0.25) is 0 Å². The van der Waals surface area contributed by atoms with Crippen molar-refractivity contribution in [3.63, 3.8) is 0 Å². The lowest BCUT2D eigenvalue weighted by molar-refractivity contribution is -0.461. The van der Waals surface area contributed by atoms with Crippen molar-refractivity contribution in [3.05, 3.63) is 0 Å². The van der Waals surface area contributed by atoms with Crippen molar-refractivity contribution >= 4 is 0 Å². The van der Waals surface area contributed by atoms with E-state index in [1.165, 1.54) is 0 Å². The maximum absolute atomic E-state index is 14.0. The first-order valence-corrected chi connectivity index (χ1v) is 18.8. The molecule has 0 bridgehead atoms. The Hall–Kier alpha value is -1.90. The van der Waals surface area contributed by atoms with E-state index in [0.717, 1.165) is 0 Å². The number of hydrogen-bond acceptors (Lipinski definition) is 2. The summed E-state index contributed by atoms with van der Waals surface area (Å²) in [7, 11) is 0. The second-order valence-corrected chi connectivity index (χ2v) is 14.9. The van der Waals surface area contributed by atoms with Crippen molar-refractivity contribution in [1.82, 2.24) is 0 Å². The van der Waals surface area contributed by atoms with Gasteiger partial charge in [0.05, 0.1) is 12.2 Å². The molecule has 2 atom stereocenters. The van der Waals surface area contributed by atoms with Crippen molar-refractivity contribution in [3.8, 4) is 0 Å². The topological polar surface area (TPSA) is 40.5 Å². The first-order valence-electron chi connectivity index (χ1n) is 18.8. The zero-order valence-corrected chi connectivity index (χ0v) is 32.0. The first kappa shape index (κ1) is 60.1. The summed E-state index contributed by atoms with van der Waals surface area (Å²) in [5.74, 6) is -75.7. The smallest absolute Gasteiger partial charge is 0.390 e. The second kappa shape index (κ2) is 21.6. The second-order valence-electron chi connectivity index (χ2n) is 14.9. The number of alkyl halides is 26. The fourth-order valence-electron chi connectivity index (χ4n) is 5.83. The monoisotopic (exact) mass is 978 g/mol. The van der Waals surface area contributed by atoms with E-state index >= 15 is 0 Å².